The number of hydrogen-bond donors (Lipinski definition) is 1. The summed E-state index contributed by atoms with van der Waals surface area (Å²) in [5.74, 6) is -5.44. The normalized spacial score (nSPS) is 22.0. The fraction of sp³-hybridized carbons (Fsp3) is 0.667. The highest BCUT2D eigenvalue weighted by Crippen LogP contribution is 2.53. The Bertz CT molecular complexity index is 708. The van der Waals surface area contributed by atoms with Crippen LogP contribution in [0.2, 0.25) is 0 Å². The Balaban J connectivity index is 2.39. The van der Waals surface area contributed by atoms with E-state index in [0.717, 1.165) is 13.2 Å². The molecule has 23 heavy (non-hydrogen) atoms. The van der Waals surface area contributed by atoms with Gasteiger partial charge in [0.1, 0.15) is 16.9 Å². The zero-order chi connectivity index (χ0) is 17.8. The zero-order valence-corrected chi connectivity index (χ0v) is 13.6. The summed E-state index contributed by atoms with van der Waals surface area (Å²) in [6.07, 6.45) is -7.06. The van der Waals surface area contributed by atoms with Gasteiger partial charge >= 0.3 is 6.18 Å². The van der Waals surface area contributed by atoms with Crippen molar-refractivity contribution in [3.05, 3.63) is 11.1 Å². The molecule has 1 aliphatic rings. The molecule has 0 spiro atoms. The number of sulfone groups is 1. The molecule has 0 saturated carbocycles. The van der Waals surface area contributed by atoms with Gasteiger partial charge in [-0.05, 0) is 0 Å². The Morgan fingerprint density at radius 3 is 2.48 bits per heavy atom. The third kappa shape index (κ3) is 3.45. The maximum Gasteiger partial charge on any atom is 0.394 e. The highest BCUT2D eigenvalue weighted by molar-refractivity contribution is 7.92. The van der Waals surface area contributed by atoms with Gasteiger partial charge in [0, 0.05) is 23.8 Å². The maximum atomic E-state index is 13.6. The van der Waals surface area contributed by atoms with Crippen molar-refractivity contribution in [1.29, 1.82) is 0 Å². The standard InChI is InChI=1S/C12H13F5O4S2/c1-5(12(15,16)17)4-21-9-6-3-11(13,14)8(18)7(6)10(22-9)23(2,19)20/h5,8,18H,3-4H2,1-2H3. The van der Waals surface area contributed by atoms with Crippen molar-refractivity contribution in [2.75, 3.05) is 12.9 Å². The highest BCUT2D eigenvalue weighted by atomic mass is 32.2. The van der Waals surface area contributed by atoms with Crippen LogP contribution in [0.5, 0.6) is 5.06 Å². The van der Waals surface area contributed by atoms with Gasteiger partial charge in [-0.2, -0.15) is 13.2 Å². The van der Waals surface area contributed by atoms with Gasteiger partial charge in [-0.3, -0.25) is 0 Å². The van der Waals surface area contributed by atoms with Crippen LogP contribution in [-0.4, -0.2) is 38.5 Å². The SMILES string of the molecule is CC(COc1sc(S(C)(=O)=O)c2c1CC(F)(F)C2O)C(F)(F)F. The molecule has 2 rings (SSSR count). The Morgan fingerprint density at radius 2 is 2.00 bits per heavy atom. The second-order valence-corrected chi connectivity index (χ2v) is 8.63. The van der Waals surface area contributed by atoms with Gasteiger partial charge in [0.25, 0.3) is 5.92 Å². The number of rotatable bonds is 4. The van der Waals surface area contributed by atoms with E-state index >= 15 is 0 Å². The zero-order valence-electron chi connectivity index (χ0n) is 11.9. The Hall–Kier alpha value is -0.940. The number of fused-ring (bicyclic) bond motifs is 1. The topological polar surface area (TPSA) is 63.6 Å². The molecule has 2 atom stereocenters. The van der Waals surface area contributed by atoms with E-state index in [4.69, 9.17) is 4.74 Å². The first-order valence-electron chi connectivity index (χ1n) is 6.36. The summed E-state index contributed by atoms with van der Waals surface area (Å²) in [4.78, 5) is 0. The van der Waals surface area contributed by atoms with Crippen LogP contribution < -0.4 is 4.74 Å². The van der Waals surface area contributed by atoms with E-state index in [1.807, 2.05) is 0 Å². The molecule has 1 aliphatic carbocycles. The Morgan fingerprint density at radius 1 is 1.43 bits per heavy atom. The average molecular weight is 380 g/mol. The number of ether oxygens (including phenoxy) is 1. The molecule has 0 saturated heterocycles. The monoisotopic (exact) mass is 380 g/mol. The van der Waals surface area contributed by atoms with Crippen molar-refractivity contribution < 1.29 is 40.2 Å². The average Bonchev–Trinajstić information content (AvgIpc) is 2.81. The minimum atomic E-state index is -4.52. The second kappa shape index (κ2) is 5.55. The summed E-state index contributed by atoms with van der Waals surface area (Å²) >= 11 is 0.455. The van der Waals surface area contributed by atoms with Crippen LogP contribution in [0.15, 0.2) is 4.21 Å². The van der Waals surface area contributed by atoms with E-state index in [-0.39, 0.29) is 10.6 Å². The molecule has 1 heterocycles. The van der Waals surface area contributed by atoms with Crippen molar-refractivity contribution >= 4 is 21.2 Å². The molecule has 1 aromatic heterocycles. The lowest BCUT2D eigenvalue weighted by Gasteiger charge is -2.16. The van der Waals surface area contributed by atoms with E-state index in [9.17, 15) is 35.5 Å². The molecule has 1 aromatic rings. The molecule has 132 valence electrons. The molecule has 4 nitrogen and oxygen atoms in total. The number of halogens is 5. The van der Waals surface area contributed by atoms with Gasteiger partial charge in [0.2, 0.25) is 0 Å². The summed E-state index contributed by atoms with van der Waals surface area (Å²) in [5.41, 5.74) is -0.723. The van der Waals surface area contributed by atoms with Crippen LogP contribution in [0.25, 0.3) is 0 Å². The maximum absolute atomic E-state index is 13.6. The lowest BCUT2D eigenvalue weighted by molar-refractivity contribution is -0.176. The van der Waals surface area contributed by atoms with Crippen LogP contribution in [0.1, 0.15) is 24.2 Å². The van der Waals surface area contributed by atoms with Crippen molar-refractivity contribution in [3.63, 3.8) is 0 Å². The summed E-state index contributed by atoms with van der Waals surface area (Å²) in [6, 6.07) is 0. The van der Waals surface area contributed by atoms with Crippen LogP contribution in [0.4, 0.5) is 22.0 Å². The Labute approximate surface area is 132 Å². The van der Waals surface area contributed by atoms with Crippen LogP contribution >= 0.6 is 11.3 Å². The molecule has 0 radical (unpaired) electrons. The van der Waals surface area contributed by atoms with E-state index in [1.165, 1.54) is 0 Å². The smallest absolute Gasteiger partial charge is 0.394 e. The predicted octanol–water partition coefficient (Wildman–Crippen LogP) is 2.95. The minimum absolute atomic E-state index is 0.248. The lowest BCUT2D eigenvalue weighted by Crippen LogP contribution is -2.26. The molecule has 0 bridgehead atoms. The molecule has 2 unspecified atom stereocenters. The molecule has 0 fully saturated rings. The summed E-state index contributed by atoms with van der Waals surface area (Å²) in [6.45, 7) is 0.0239. The van der Waals surface area contributed by atoms with Crippen LogP contribution in [0, 0.1) is 5.92 Å². The fourth-order valence-corrected chi connectivity index (χ4v) is 4.52. The largest absolute Gasteiger partial charge is 0.483 e. The van der Waals surface area contributed by atoms with E-state index in [0.29, 0.717) is 11.3 Å². The Kier molecular flexibility index (Phi) is 4.44. The molecule has 0 aromatic carbocycles. The van der Waals surface area contributed by atoms with Crippen molar-refractivity contribution in [1.82, 2.24) is 0 Å². The van der Waals surface area contributed by atoms with Crippen LogP contribution in [-0.2, 0) is 16.3 Å². The van der Waals surface area contributed by atoms with Gasteiger partial charge in [-0.1, -0.05) is 18.3 Å². The third-order valence-corrected chi connectivity index (χ3v) is 6.43. The van der Waals surface area contributed by atoms with E-state index < -0.39 is 56.8 Å². The first kappa shape index (κ1) is 18.4. The third-order valence-electron chi connectivity index (χ3n) is 3.42. The van der Waals surface area contributed by atoms with Crippen molar-refractivity contribution in [2.24, 2.45) is 5.92 Å². The van der Waals surface area contributed by atoms with Gasteiger partial charge in [0.05, 0.1) is 5.92 Å². The minimum Gasteiger partial charge on any atom is -0.483 e. The van der Waals surface area contributed by atoms with Crippen molar-refractivity contribution in [2.45, 2.75) is 35.8 Å². The summed E-state index contributed by atoms with van der Waals surface area (Å²) < 4.78 is 92.5. The van der Waals surface area contributed by atoms with Gasteiger partial charge in [-0.25, -0.2) is 17.2 Å². The number of aliphatic hydroxyl groups is 1. The lowest BCUT2D eigenvalue weighted by atomic mass is 10.2. The van der Waals surface area contributed by atoms with Gasteiger partial charge < -0.3 is 9.84 Å². The molecule has 1 N–H and O–H groups in total. The number of hydrogen-bond acceptors (Lipinski definition) is 5. The predicted molar refractivity (Wildman–Crippen MR) is 71.8 cm³/mol. The molecule has 0 amide bonds. The molecular weight excluding hydrogens is 367 g/mol. The number of alkyl halides is 5. The first-order valence-corrected chi connectivity index (χ1v) is 9.07. The molecular formula is C12H13F5O4S2. The van der Waals surface area contributed by atoms with Gasteiger partial charge in [0.15, 0.2) is 14.9 Å². The van der Waals surface area contributed by atoms with E-state index in [1.54, 1.807) is 0 Å². The first-order chi connectivity index (χ1) is 10.2. The summed E-state index contributed by atoms with van der Waals surface area (Å²) in [5, 5.41) is 9.30. The van der Waals surface area contributed by atoms with E-state index in [2.05, 4.69) is 0 Å². The van der Waals surface area contributed by atoms with Crippen molar-refractivity contribution in [3.8, 4) is 5.06 Å². The fourth-order valence-electron chi connectivity index (χ4n) is 2.11. The summed E-state index contributed by atoms with van der Waals surface area (Å²) in [7, 11) is -3.93. The quantitative estimate of drug-likeness (QED) is 0.816. The number of aliphatic hydroxyl groups excluding tert-OH is 1. The second-order valence-electron chi connectivity index (χ2n) is 5.44. The number of thiophene rings is 1. The highest BCUT2D eigenvalue weighted by Gasteiger charge is 2.52. The molecule has 11 heteroatoms. The van der Waals surface area contributed by atoms with Gasteiger partial charge in [-0.15, -0.1) is 0 Å². The van der Waals surface area contributed by atoms with Crippen LogP contribution in [0.3, 0.4) is 0 Å². The molecule has 0 aliphatic heterocycles.